The van der Waals surface area contributed by atoms with Gasteiger partial charge in [-0.1, -0.05) is 61.5 Å². The standard InChI is InChI=1S/C24H45NO7Si2/c1-10-28-15-29-14-24(27)12-11-23(13-20(26)25-23)21-22(24)31-34(18(6)7,19(8)9)32-33(30-21,16(2)3)17(4)5/h11-12,16-19,21-22,27H,10,13-15H2,1-9H3,(H,25,26)/t21-,22+,23+,24-/m1/s1. The number of amides is 1. The van der Waals surface area contributed by atoms with Crippen LogP contribution in [0, 0.1) is 0 Å². The average Bonchev–Trinajstić information content (AvgIpc) is 2.91. The molecule has 2 aliphatic heterocycles. The molecule has 2 N–H and O–H groups in total. The van der Waals surface area contributed by atoms with E-state index in [9.17, 15) is 9.90 Å². The van der Waals surface area contributed by atoms with E-state index in [1.807, 2.05) is 13.0 Å². The van der Waals surface area contributed by atoms with Gasteiger partial charge in [-0.15, -0.1) is 0 Å². The Morgan fingerprint density at radius 1 is 0.971 bits per heavy atom. The summed E-state index contributed by atoms with van der Waals surface area (Å²) in [5.41, 5.74) is -1.61. The number of ether oxygens (including phenoxy) is 2. The van der Waals surface area contributed by atoms with Crippen LogP contribution in [0.2, 0.25) is 22.2 Å². The van der Waals surface area contributed by atoms with Crippen molar-refractivity contribution in [1.29, 1.82) is 0 Å². The molecule has 0 bridgehead atoms. The lowest BCUT2D eigenvalue weighted by atomic mass is 9.70. The molecule has 10 heteroatoms. The predicted molar refractivity (Wildman–Crippen MR) is 135 cm³/mol. The molecule has 0 aromatic heterocycles. The zero-order valence-corrected chi connectivity index (χ0v) is 24.3. The molecule has 1 aliphatic carbocycles. The zero-order chi connectivity index (χ0) is 25.5. The second kappa shape index (κ2) is 10.0. The molecule has 3 rings (SSSR count). The maximum absolute atomic E-state index is 12.2. The van der Waals surface area contributed by atoms with Gasteiger partial charge in [-0.2, -0.15) is 0 Å². The highest BCUT2D eigenvalue weighted by Gasteiger charge is 2.68. The van der Waals surface area contributed by atoms with Gasteiger partial charge >= 0.3 is 17.1 Å². The fraction of sp³-hybridized carbons (Fsp3) is 0.875. The Balaban J connectivity index is 2.17. The Morgan fingerprint density at radius 3 is 1.91 bits per heavy atom. The lowest BCUT2D eigenvalue weighted by Gasteiger charge is -2.55. The molecule has 8 nitrogen and oxygen atoms in total. The summed E-state index contributed by atoms with van der Waals surface area (Å²) in [7, 11) is -5.81. The number of fused-ring (bicyclic) bond motifs is 2. The molecular weight excluding hydrogens is 470 g/mol. The summed E-state index contributed by atoms with van der Waals surface area (Å²) in [6.45, 7) is 19.7. The van der Waals surface area contributed by atoms with Crippen molar-refractivity contribution in [2.45, 2.75) is 114 Å². The van der Waals surface area contributed by atoms with Gasteiger partial charge in [0.05, 0.1) is 18.6 Å². The highest BCUT2D eigenvalue weighted by atomic mass is 28.5. The molecule has 0 aromatic rings. The third-order valence-electron chi connectivity index (χ3n) is 7.63. The molecule has 2 fully saturated rings. The topological polar surface area (TPSA) is 95.5 Å². The van der Waals surface area contributed by atoms with E-state index in [2.05, 4.69) is 60.7 Å². The van der Waals surface area contributed by atoms with E-state index in [4.69, 9.17) is 22.4 Å². The van der Waals surface area contributed by atoms with Crippen molar-refractivity contribution in [2.75, 3.05) is 20.0 Å². The van der Waals surface area contributed by atoms with Gasteiger partial charge in [0.2, 0.25) is 5.91 Å². The summed E-state index contributed by atoms with van der Waals surface area (Å²) in [5.74, 6) is -0.0345. The minimum atomic E-state index is -2.93. The highest BCUT2D eigenvalue weighted by Crippen LogP contribution is 2.52. The molecule has 4 atom stereocenters. The van der Waals surface area contributed by atoms with Crippen LogP contribution in [-0.2, 0) is 27.2 Å². The first-order chi connectivity index (χ1) is 15.8. The number of hydrogen-bond donors (Lipinski definition) is 2. The van der Waals surface area contributed by atoms with Crippen LogP contribution in [0.4, 0.5) is 0 Å². The van der Waals surface area contributed by atoms with E-state index >= 15 is 0 Å². The van der Waals surface area contributed by atoms with Gasteiger partial charge in [-0.25, -0.2) is 0 Å². The molecule has 34 heavy (non-hydrogen) atoms. The molecule has 0 radical (unpaired) electrons. The molecular formula is C24H45NO7Si2. The second-order valence-corrected chi connectivity index (χ2v) is 20.1. The fourth-order valence-electron chi connectivity index (χ4n) is 5.65. The number of β-lactam (4-membered cyclic amide) rings is 1. The van der Waals surface area contributed by atoms with Crippen LogP contribution in [0.5, 0.6) is 0 Å². The summed E-state index contributed by atoms with van der Waals surface area (Å²) < 4.78 is 32.5. The van der Waals surface area contributed by atoms with E-state index < -0.39 is 40.5 Å². The molecule has 1 spiro atoms. The van der Waals surface area contributed by atoms with Gasteiger partial charge in [-0.3, -0.25) is 4.79 Å². The molecule has 2 heterocycles. The lowest BCUT2D eigenvalue weighted by Crippen LogP contribution is -2.76. The molecule has 1 amide bonds. The molecule has 0 aromatic carbocycles. The predicted octanol–water partition coefficient (Wildman–Crippen LogP) is 3.88. The molecule has 0 unspecified atom stereocenters. The molecule has 2 saturated heterocycles. The van der Waals surface area contributed by atoms with Crippen LogP contribution in [0.25, 0.3) is 0 Å². The zero-order valence-electron chi connectivity index (χ0n) is 22.3. The Hall–Kier alpha value is -0.596. The van der Waals surface area contributed by atoms with Crippen LogP contribution in [0.1, 0.15) is 68.7 Å². The summed E-state index contributed by atoms with van der Waals surface area (Å²) in [5, 5.41) is 15.0. The minimum Gasteiger partial charge on any atom is -0.414 e. The normalized spacial score (nSPS) is 34.5. The summed E-state index contributed by atoms with van der Waals surface area (Å²) in [6.07, 6.45) is 2.56. The van der Waals surface area contributed by atoms with Crippen molar-refractivity contribution in [3.05, 3.63) is 12.2 Å². The Bertz CT molecular complexity index is 748. The van der Waals surface area contributed by atoms with E-state index in [0.29, 0.717) is 13.0 Å². The van der Waals surface area contributed by atoms with Crippen molar-refractivity contribution in [3.63, 3.8) is 0 Å². The van der Waals surface area contributed by atoms with Crippen LogP contribution < -0.4 is 5.32 Å². The van der Waals surface area contributed by atoms with E-state index in [0.717, 1.165) is 0 Å². The third-order valence-corrected chi connectivity index (χ3v) is 17.9. The lowest BCUT2D eigenvalue weighted by molar-refractivity contribution is -0.170. The first kappa shape index (κ1) is 28.0. The number of rotatable bonds is 9. The molecule has 3 aliphatic rings. The number of hydrogen-bond acceptors (Lipinski definition) is 7. The highest BCUT2D eigenvalue weighted by molar-refractivity contribution is 6.84. The van der Waals surface area contributed by atoms with Crippen LogP contribution in [-0.4, -0.2) is 71.5 Å². The van der Waals surface area contributed by atoms with Crippen molar-refractivity contribution >= 4 is 23.0 Å². The SMILES string of the molecule is CCOCOC[C@]1(O)C=C[C@]2(CC(=O)N2)[C@@H]2O[Si](C(C)C)(C(C)C)O[Si](C(C)C)(C(C)C)O[C@@H]21. The average molecular weight is 516 g/mol. The smallest absolute Gasteiger partial charge is 0.335 e. The molecule has 0 saturated carbocycles. The third kappa shape index (κ3) is 4.60. The molecule has 196 valence electrons. The summed E-state index contributed by atoms with van der Waals surface area (Å²) in [4.78, 5) is 12.2. The Labute approximate surface area is 207 Å². The number of carbonyl (C=O) groups is 1. The number of aliphatic hydroxyl groups is 1. The van der Waals surface area contributed by atoms with Crippen LogP contribution >= 0.6 is 0 Å². The Morgan fingerprint density at radius 2 is 1.47 bits per heavy atom. The van der Waals surface area contributed by atoms with Crippen LogP contribution in [0.3, 0.4) is 0 Å². The van der Waals surface area contributed by atoms with Gasteiger partial charge in [-0.05, 0) is 35.2 Å². The summed E-state index contributed by atoms with van der Waals surface area (Å²) in [6, 6.07) is 0. The number of nitrogens with one attached hydrogen (secondary N) is 1. The van der Waals surface area contributed by atoms with Gasteiger partial charge in [0.15, 0.2) is 0 Å². The van der Waals surface area contributed by atoms with Crippen molar-refractivity contribution < 1.29 is 32.3 Å². The van der Waals surface area contributed by atoms with Gasteiger partial charge < -0.3 is 32.9 Å². The van der Waals surface area contributed by atoms with Crippen LogP contribution in [0.15, 0.2) is 12.2 Å². The van der Waals surface area contributed by atoms with Crippen molar-refractivity contribution in [1.82, 2.24) is 5.32 Å². The largest absolute Gasteiger partial charge is 0.414 e. The quantitative estimate of drug-likeness (QED) is 0.158. The van der Waals surface area contributed by atoms with E-state index in [-0.39, 0.29) is 41.5 Å². The monoisotopic (exact) mass is 515 g/mol. The van der Waals surface area contributed by atoms with E-state index in [1.165, 1.54) is 0 Å². The first-order valence-corrected chi connectivity index (χ1v) is 16.7. The van der Waals surface area contributed by atoms with Gasteiger partial charge in [0.25, 0.3) is 0 Å². The van der Waals surface area contributed by atoms with Crippen molar-refractivity contribution in [2.24, 2.45) is 0 Å². The minimum absolute atomic E-state index is 0.00334. The fourth-order valence-corrected chi connectivity index (χ4v) is 17.0. The summed E-state index contributed by atoms with van der Waals surface area (Å²) >= 11 is 0. The van der Waals surface area contributed by atoms with Gasteiger partial charge in [0.1, 0.15) is 24.6 Å². The van der Waals surface area contributed by atoms with Crippen molar-refractivity contribution in [3.8, 4) is 0 Å². The van der Waals surface area contributed by atoms with Gasteiger partial charge in [0, 0.05) is 6.61 Å². The maximum Gasteiger partial charge on any atom is 0.335 e. The van der Waals surface area contributed by atoms with E-state index in [1.54, 1.807) is 6.08 Å². The maximum atomic E-state index is 12.2. The second-order valence-electron chi connectivity index (χ2n) is 11.3. The first-order valence-electron chi connectivity index (χ1n) is 12.7. The Kier molecular flexibility index (Phi) is 8.27. The number of carbonyl (C=O) groups excluding carboxylic acids is 1.